The van der Waals surface area contributed by atoms with Crippen molar-refractivity contribution < 1.29 is 19.5 Å². The molecule has 6 N–H and O–H groups in total. The zero-order chi connectivity index (χ0) is 18.0. The zero-order valence-electron chi connectivity index (χ0n) is 13.2. The van der Waals surface area contributed by atoms with E-state index in [1.807, 2.05) is 6.07 Å². The van der Waals surface area contributed by atoms with Crippen LogP contribution in [-0.4, -0.2) is 45.7 Å². The summed E-state index contributed by atoms with van der Waals surface area (Å²) < 4.78 is 11.5. The topological polar surface area (TPSA) is 149 Å². The van der Waals surface area contributed by atoms with Gasteiger partial charge in [0.25, 0.3) is 0 Å². The van der Waals surface area contributed by atoms with Crippen LogP contribution in [0.25, 0.3) is 0 Å². The van der Waals surface area contributed by atoms with Crippen LogP contribution in [0.4, 0.5) is 5.13 Å². The molecule has 0 fully saturated rings. The van der Waals surface area contributed by atoms with Crippen LogP contribution in [0, 0.1) is 0 Å². The number of nitrogens with zero attached hydrogens (tertiary/aromatic N) is 3. The van der Waals surface area contributed by atoms with E-state index in [0.29, 0.717) is 33.0 Å². The lowest BCUT2D eigenvalue weighted by Gasteiger charge is -2.28. The van der Waals surface area contributed by atoms with Gasteiger partial charge < -0.3 is 31.0 Å². The Morgan fingerprint density at radius 3 is 3.00 bits per heavy atom. The number of aliphatic hydroxyl groups excluding tert-OH is 1. The maximum absolute atomic E-state index is 10.3. The fourth-order valence-electron chi connectivity index (χ4n) is 2.46. The molecule has 0 bridgehead atoms. The van der Waals surface area contributed by atoms with Crippen molar-refractivity contribution in [3.8, 4) is 11.5 Å². The van der Waals surface area contributed by atoms with Crippen molar-refractivity contribution in [2.75, 3.05) is 7.11 Å². The average molecular weight is 381 g/mol. The van der Waals surface area contributed by atoms with E-state index >= 15 is 0 Å². The van der Waals surface area contributed by atoms with Gasteiger partial charge >= 0.3 is 7.12 Å². The van der Waals surface area contributed by atoms with Gasteiger partial charge in [-0.25, -0.2) is 0 Å². The summed E-state index contributed by atoms with van der Waals surface area (Å²) >= 11 is 2.55. The summed E-state index contributed by atoms with van der Waals surface area (Å²) in [5.74, 6) is 0.892. The van der Waals surface area contributed by atoms with Crippen molar-refractivity contribution in [1.82, 2.24) is 10.2 Å². The van der Waals surface area contributed by atoms with E-state index in [-0.39, 0.29) is 17.7 Å². The third-order valence-electron chi connectivity index (χ3n) is 3.53. The van der Waals surface area contributed by atoms with Gasteiger partial charge in [0.15, 0.2) is 10.3 Å². The van der Waals surface area contributed by atoms with E-state index < -0.39 is 7.12 Å². The number of methoxy groups -OCH3 is 1. The Hall–Kier alpha value is -2.02. The maximum atomic E-state index is 10.3. The van der Waals surface area contributed by atoms with Crippen LogP contribution in [0.5, 0.6) is 11.5 Å². The molecule has 1 aliphatic rings. The lowest BCUT2D eigenvalue weighted by Crippen LogP contribution is -2.40. The van der Waals surface area contributed by atoms with Gasteiger partial charge in [0.1, 0.15) is 11.5 Å². The summed E-state index contributed by atoms with van der Waals surface area (Å²) in [6.07, 6.45) is 0.537. The van der Waals surface area contributed by atoms with E-state index in [4.69, 9.17) is 20.9 Å². The highest BCUT2D eigenvalue weighted by molar-refractivity contribution is 8.02. The Morgan fingerprint density at radius 1 is 1.52 bits per heavy atom. The summed E-state index contributed by atoms with van der Waals surface area (Å²) in [4.78, 5) is 3.84. The average Bonchev–Trinajstić information content (AvgIpc) is 3.00. The van der Waals surface area contributed by atoms with Crippen LogP contribution in [0.1, 0.15) is 11.1 Å². The molecule has 9 nitrogen and oxygen atoms in total. The number of aliphatic hydroxyl groups is 1. The first-order valence-electron chi connectivity index (χ1n) is 7.26. The Bertz CT molecular complexity index is 799. The molecule has 0 saturated carbocycles. The summed E-state index contributed by atoms with van der Waals surface area (Å²) in [7, 11) is 0.452. The van der Waals surface area contributed by atoms with Crippen LogP contribution >= 0.6 is 23.1 Å². The number of fused-ring (bicyclic) bond motifs is 1. The van der Waals surface area contributed by atoms with Crippen LogP contribution in [-0.2, 0) is 13.0 Å². The summed E-state index contributed by atoms with van der Waals surface area (Å²) in [5, 5.41) is 27.8. The van der Waals surface area contributed by atoms with Gasteiger partial charge in [-0.05, 0) is 18.1 Å². The second-order valence-electron chi connectivity index (χ2n) is 5.15. The molecule has 1 aliphatic heterocycles. The quantitative estimate of drug-likeness (QED) is 0.320. The van der Waals surface area contributed by atoms with Crippen molar-refractivity contribution in [2.24, 2.45) is 16.5 Å². The SMILES string of the molecule is COc1ccc2c(c1CO)OB(O)[C@@H](Sc1nnc(N=C(N)N)s1)C2. The Kier molecular flexibility index (Phi) is 5.32. The molecule has 0 aliphatic carbocycles. The molecule has 3 rings (SSSR count). The van der Waals surface area contributed by atoms with Crippen molar-refractivity contribution >= 4 is 41.3 Å². The second kappa shape index (κ2) is 7.48. The van der Waals surface area contributed by atoms with Crippen LogP contribution in [0.2, 0.25) is 0 Å². The standard InChI is InChI=1S/C13H16BN5O4S2/c1-22-8-3-2-6-4-9(14(21)23-10(6)7(8)5-20)24-13-19-18-12(25-13)17-11(15)16/h2-3,9,20-21H,4-5H2,1H3,(H4,15,16,17,18)/t9-/m0/s1. The van der Waals surface area contributed by atoms with Gasteiger partial charge in [0.2, 0.25) is 5.13 Å². The first-order chi connectivity index (χ1) is 12.0. The number of aromatic nitrogens is 2. The van der Waals surface area contributed by atoms with Gasteiger partial charge in [-0.2, -0.15) is 4.99 Å². The molecular formula is C13H16BN5O4S2. The largest absolute Gasteiger partial charge is 0.537 e. The first kappa shape index (κ1) is 17.8. The Balaban J connectivity index is 1.80. The molecule has 1 aromatic heterocycles. The van der Waals surface area contributed by atoms with Crippen LogP contribution < -0.4 is 20.9 Å². The number of hydrogen-bond acceptors (Lipinski definition) is 9. The van der Waals surface area contributed by atoms with E-state index in [0.717, 1.165) is 5.56 Å². The van der Waals surface area contributed by atoms with Gasteiger partial charge in [-0.1, -0.05) is 29.2 Å². The molecule has 12 heteroatoms. The molecule has 0 unspecified atom stereocenters. The lowest BCUT2D eigenvalue weighted by molar-refractivity contribution is 0.267. The minimum Gasteiger partial charge on any atom is -0.535 e. The number of benzene rings is 1. The molecular weight excluding hydrogens is 365 g/mol. The molecule has 2 heterocycles. The van der Waals surface area contributed by atoms with Crippen molar-refractivity contribution in [3.63, 3.8) is 0 Å². The smallest absolute Gasteiger partial charge is 0.535 e. The molecule has 1 atom stereocenters. The Morgan fingerprint density at radius 2 is 2.32 bits per heavy atom. The third kappa shape index (κ3) is 3.81. The summed E-state index contributed by atoms with van der Waals surface area (Å²) in [6, 6.07) is 3.63. The molecule has 2 aromatic rings. The van der Waals surface area contributed by atoms with Gasteiger partial charge in [-0.3, -0.25) is 0 Å². The number of ether oxygens (including phenoxy) is 1. The number of rotatable bonds is 5. The zero-order valence-corrected chi connectivity index (χ0v) is 14.9. The fourth-order valence-corrected chi connectivity index (χ4v) is 4.50. The van der Waals surface area contributed by atoms with E-state index in [1.54, 1.807) is 6.07 Å². The highest BCUT2D eigenvalue weighted by Crippen LogP contribution is 2.40. The summed E-state index contributed by atoms with van der Waals surface area (Å²) in [5.41, 5.74) is 12.0. The molecule has 0 amide bonds. The van der Waals surface area contributed by atoms with Crippen molar-refractivity contribution in [1.29, 1.82) is 0 Å². The molecule has 0 spiro atoms. The van der Waals surface area contributed by atoms with E-state index in [1.165, 1.54) is 30.2 Å². The van der Waals surface area contributed by atoms with Crippen LogP contribution in [0.15, 0.2) is 21.5 Å². The third-order valence-corrected chi connectivity index (χ3v) is 5.66. The lowest BCUT2D eigenvalue weighted by atomic mass is 9.77. The molecule has 132 valence electrons. The first-order valence-corrected chi connectivity index (χ1v) is 8.95. The maximum Gasteiger partial charge on any atom is 0.537 e. The minimum absolute atomic E-state index is 0.0897. The van der Waals surface area contributed by atoms with Crippen molar-refractivity contribution in [2.45, 2.75) is 22.5 Å². The number of aliphatic imine (C=N–C) groups is 1. The Labute approximate surface area is 152 Å². The fraction of sp³-hybridized carbons (Fsp3) is 0.308. The molecule has 0 radical (unpaired) electrons. The van der Waals surface area contributed by atoms with E-state index in [9.17, 15) is 10.1 Å². The number of thioether (sulfide) groups is 1. The highest BCUT2D eigenvalue weighted by atomic mass is 32.2. The van der Waals surface area contributed by atoms with E-state index in [2.05, 4.69) is 15.2 Å². The monoisotopic (exact) mass is 381 g/mol. The summed E-state index contributed by atoms with van der Waals surface area (Å²) in [6.45, 7) is -0.241. The predicted molar refractivity (Wildman–Crippen MR) is 96.2 cm³/mol. The van der Waals surface area contributed by atoms with Crippen LogP contribution in [0.3, 0.4) is 0 Å². The van der Waals surface area contributed by atoms with Gasteiger partial charge in [0.05, 0.1) is 24.4 Å². The minimum atomic E-state index is -1.06. The van der Waals surface area contributed by atoms with Gasteiger partial charge in [-0.15, -0.1) is 10.2 Å². The molecule has 25 heavy (non-hydrogen) atoms. The normalized spacial score (nSPS) is 16.1. The van der Waals surface area contributed by atoms with Gasteiger partial charge in [0, 0.05) is 0 Å². The predicted octanol–water partition coefficient (Wildman–Crippen LogP) is 0.0594. The molecule has 1 aromatic carbocycles. The number of guanidine groups is 1. The molecule has 0 saturated heterocycles. The number of nitrogens with two attached hydrogens (primary N) is 2. The van der Waals surface area contributed by atoms with Crippen molar-refractivity contribution in [3.05, 3.63) is 23.3 Å². The highest BCUT2D eigenvalue weighted by Gasteiger charge is 2.38. The second-order valence-corrected chi connectivity index (χ2v) is 7.59. The number of hydrogen-bond donors (Lipinski definition) is 4.